The van der Waals surface area contributed by atoms with Gasteiger partial charge in [-0.1, -0.05) is 0 Å². The maximum Gasteiger partial charge on any atom is 0.336 e. The Bertz CT molecular complexity index is 645. The molecule has 1 aliphatic heterocycles. The van der Waals surface area contributed by atoms with Crippen molar-refractivity contribution in [3.63, 3.8) is 0 Å². The number of hydrogen-bond donors (Lipinski definition) is 1. The molecule has 2 aliphatic rings. The minimum atomic E-state index is -0.520. The largest absolute Gasteiger partial charge is 0.426 e. The fourth-order valence-corrected chi connectivity index (χ4v) is 2.78. The molecule has 20 heavy (non-hydrogen) atoms. The van der Waals surface area contributed by atoms with Crippen LogP contribution in [0.15, 0.2) is 15.3 Å². The van der Waals surface area contributed by atoms with Crippen molar-refractivity contribution in [2.45, 2.75) is 43.4 Å². The van der Waals surface area contributed by atoms with Crippen LogP contribution >= 0.6 is 11.6 Å². The topological polar surface area (TPSA) is 76.4 Å². The number of rotatable bonds is 4. The second-order valence-corrected chi connectivity index (χ2v) is 6.25. The van der Waals surface area contributed by atoms with E-state index in [1.807, 2.05) is 0 Å². The smallest absolute Gasteiger partial charge is 0.336 e. The highest BCUT2D eigenvalue weighted by molar-refractivity contribution is 6.25. The van der Waals surface area contributed by atoms with Gasteiger partial charge in [-0.3, -0.25) is 14.9 Å². The first kappa shape index (κ1) is 13.4. The summed E-state index contributed by atoms with van der Waals surface area (Å²) in [6.07, 6.45) is 4.25. The summed E-state index contributed by atoms with van der Waals surface area (Å²) in [6.45, 7) is 0. The Hall–Kier alpha value is -1.62. The summed E-state index contributed by atoms with van der Waals surface area (Å²) in [7, 11) is 0. The number of halogens is 1. The number of amides is 2. The number of fused-ring (bicyclic) bond motifs is 1. The van der Waals surface area contributed by atoms with Crippen LogP contribution in [0.1, 0.15) is 47.4 Å². The number of carbonyl (C=O) groups excluding carboxylic acids is 2. The summed E-state index contributed by atoms with van der Waals surface area (Å²) in [5.74, 6) is -0.754. The Morgan fingerprint density at radius 3 is 2.75 bits per heavy atom. The van der Waals surface area contributed by atoms with Crippen molar-refractivity contribution in [2.24, 2.45) is 0 Å². The third-order valence-corrected chi connectivity index (χ3v) is 4.35. The van der Waals surface area contributed by atoms with E-state index in [0.717, 1.165) is 25.7 Å². The van der Waals surface area contributed by atoms with Crippen molar-refractivity contribution < 1.29 is 14.0 Å². The predicted molar refractivity (Wildman–Crippen MR) is 71.9 cm³/mol. The summed E-state index contributed by atoms with van der Waals surface area (Å²) in [4.78, 5) is 34.6. The molecule has 3 rings (SSSR count). The van der Waals surface area contributed by atoms with Gasteiger partial charge in [0.15, 0.2) is 0 Å². The van der Waals surface area contributed by atoms with E-state index in [9.17, 15) is 14.4 Å². The standard InChI is InChI=1S/C14H14ClNO4/c15-14(4-5-14)3-1-2-8-6-11(18)20-9-7-10(17)16-13(19)12(8)9/h6H,1-5,7H2,(H,16,17,19). The zero-order valence-electron chi connectivity index (χ0n) is 10.8. The number of nitrogens with one attached hydrogen (secondary N) is 1. The van der Waals surface area contributed by atoms with E-state index >= 15 is 0 Å². The first-order valence-electron chi connectivity index (χ1n) is 6.66. The number of aryl methyl sites for hydroxylation is 1. The van der Waals surface area contributed by atoms with Crippen LogP contribution < -0.4 is 10.9 Å². The summed E-state index contributed by atoms with van der Waals surface area (Å²) >= 11 is 6.23. The van der Waals surface area contributed by atoms with Crippen molar-refractivity contribution in [1.29, 1.82) is 0 Å². The predicted octanol–water partition coefficient (Wildman–Crippen LogP) is 1.55. The molecular formula is C14H14ClNO4. The molecule has 1 N–H and O–H groups in total. The van der Waals surface area contributed by atoms with Crippen LogP contribution in [0.2, 0.25) is 0 Å². The summed E-state index contributed by atoms with van der Waals surface area (Å²) in [6, 6.07) is 1.34. The molecule has 1 saturated carbocycles. The highest BCUT2D eigenvalue weighted by Crippen LogP contribution is 2.46. The van der Waals surface area contributed by atoms with Crippen LogP contribution in [0.4, 0.5) is 0 Å². The van der Waals surface area contributed by atoms with E-state index in [-0.39, 0.29) is 17.1 Å². The second-order valence-electron chi connectivity index (χ2n) is 5.45. The van der Waals surface area contributed by atoms with Crippen LogP contribution in [0.25, 0.3) is 0 Å². The molecule has 0 bridgehead atoms. The van der Waals surface area contributed by atoms with E-state index in [2.05, 4.69) is 5.32 Å². The maximum atomic E-state index is 11.9. The van der Waals surface area contributed by atoms with Crippen LogP contribution in [-0.4, -0.2) is 16.7 Å². The van der Waals surface area contributed by atoms with Crippen LogP contribution in [0, 0.1) is 0 Å². The van der Waals surface area contributed by atoms with Crippen molar-refractivity contribution in [3.05, 3.63) is 33.4 Å². The molecule has 0 radical (unpaired) electrons. The van der Waals surface area contributed by atoms with Gasteiger partial charge >= 0.3 is 5.63 Å². The molecule has 6 heteroatoms. The van der Waals surface area contributed by atoms with Gasteiger partial charge in [-0.2, -0.15) is 0 Å². The second kappa shape index (κ2) is 4.74. The minimum Gasteiger partial charge on any atom is -0.426 e. The van der Waals surface area contributed by atoms with Crippen molar-refractivity contribution in [2.75, 3.05) is 0 Å². The number of imide groups is 1. The van der Waals surface area contributed by atoms with Crippen LogP contribution in [0.3, 0.4) is 0 Å². The zero-order chi connectivity index (χ0) is 14.3. The van der Waals surface area contributed by atoms with Crippen molar-refractivity contribution in [1.82, 2.24) is 5.32 Å². The van der Waals surface area contributed by atoms with Gasteiger partial charge in [0.25, 0.3) is 5.91 Å². The molecule has 1 aromatic rings. The maximum absolute atomic E-state index is 11.9. The van der Waals surface area contributed by atoms with Crippen LogP contribution in [-0.2, 0) is 17.6 Å². The Morgan fingerprint density at radius 1 is 1.30 bits per heavy atom. The molecule has 0 spiro atoms. The van der Waals surface area contributed by atoms with Crippen molar-refractivity contribution >= 4 is 23.4 Å². The molecule has 2 amide bonds. The molecule has 5 nitrogen and oxygen atoms in total. The van der Waals surface area contributed by atoms with Gasteiger partial charge in [0.05, 0.1) is 12.0 Å². The number of carbonyl (C=O) groups is 2. The number of hydrogen-bond acceptors (Lipinski definition) is 4. The average molecular weight is 296 g/mol. The van der Waals surface area contributed by atoms with E-state index in [0.29, 0.717) is 17.5 Å². The fraction of sp³-hybridized carbons (Fsp3) is 0.500. The Balaban J connectivity index is 1.84. The lowest BCUT2D eigenvalue weighted by Gasteiger charge is -2.17. The normalized spacial score (nSPS) is 19.4. The lowest BCUT2D eigenvalue weighted by Crippen LogP contribution is -2.38. The molecule has 0 unspecified atom stereocenters. The van der Waals surface area contributed by atoms with Gasteiger partial charge in [0.2, 0.25) is 5.91 Å². The van der Waals surface area contributed by atoms with E-state index in [1.165, 1.54) is 6.07 Å². The molecule has 0 aromatic carbocycles. The highest BCUT2D eigenvalue weighted by Gasteiger charge is 2.39. The van der Waals surface area contributed by atoms with Gasteiger partial charge in [-0.15, -0.1) is 11.6 Å². The summed E-state index contributed by atoms with van der Waals surface area (Å²) in [5, 5.41) is 2.25. The SMILES string of the molecule is O=C1Cc2oc(=O)cc(CCCC3(Cl)CC3)c2C(=O)N1. The van der Waals surface area contributed by atoms with Gasteiger partial charge in [0, 0.05) is 10.9 Å². The zero-order valence-corrected chi connectivity index (χ0v) is 11.6. The molecule has 0 saturated heterocycles. The van der Waals surface area contributed by atoms with Gasteiger partial charge in [0.1, 0.15) is 5.76 Å². The van der Waals surface area contributed by atoms with E-state index in [1.54, 1.807) is 0 Å². The molecule has 1 fully saturated rings. The third-order valence-electron chi connectivity index (χ3n) is 3.78. The summed E-state index contributed by atoms with van der Waals surface area (Å²) < 4.78 is 4.98. The Labute approximate surface area is 120 Å². The van der Waals surface area contributed by atoms with Crippen LogP contribution in [0.5, 0.6) is 0 Å². The highest BCUT2D eigenvalue weighted by atomic mass is 35.5. The van der Waals surface area contributed by atoms with E-state index < -0.39 is 17.4 Å². The lowest BCUT2D eigenvalue weighted by atomic mass is 9.97. The van der Waals surface area contributed by atoms with Crippen molar-refractivity contribution in [3.8, 4) is 0 Å². The van der Waals surface area contributed by atoms with Gasteiger partial charge in [-0.05, 0) is 37.7 Å². The third kappa shape index (κ3) is 2.63. The molecule has 1 aliphatic carbocycles. The average Bonchev–Trinajstić information content (AvgIpc) is 3.05. The lowest BCUT2D eigenvalue weighted by molar-refractivity contribution is -0.120. The molecule has 1 aromatic heterocycles. The van der Waals surface area contributed by atoms with Gasteiger partial charge < -0.3 is 4.42 Å². The fourth-order valence-electron chi connectivity index (χ4n) is 2.55. The molecular weight excluding hydrogens is 282 g/mol. The molecule has 2 heterocycles. The van der Waals surface area contributed by atoms with Gasteiger partial charge in [-0.25, -0.2) is 4.79 Å². The first-order chi connectivity index (χ1) is 9.47. The van der Waals surface area contributed by atoms with E-state index in [4.69, 9.17) is 16.0 Å². The molecule has 106 valence electrons. The Kier molecular flexibility index (Phi) is 3.17. The molecule has 0 atom stereocenters. The number of alkyl halides is 1. The quantitative estimate of drug-likeness (QED) is 0.675. The monoisotopic (exact) mass is 295 g/mol. The first-order valence-corrected chi connectivity index (χ1v) is 7.04. The summed E-state index contributed by atoms with van der Waals surface area (Å²) in [5.41, 5.74) is 0.457. The minimum absolute atomic E-state index is 0.0659. The Morgan fingerprint density at radius 2 is 2.05 bits per heavy atom.